The first-order valence-corrected chi connectivity index (χ1v) is 8.82. The molecule has 4 atom stereocenters. The number of ketones is 1. The van der Waals surface area contributed by atoms with Gasteiger partial charge >= 0.3 is 0 Å². The minimum Gasteiger partial charge on any atom is -0.497 e. The Morgan fingerprint density at radius 2 is 2.00 bits per heavy atom. The van der Waals surface area contributed by atoms with Crippen LogP contribution in [-0.4, -0.2) is 32.1 Å². The van der Waals surface area contributed by atoms with Gasteiger partial charge < -0.3 is 14.4 Å². The molecule has 3 aliphatic rings. The van der Waals surface area contributed by atoms with Gasteiger partial charge in [0.15, 0.2) is 5.78 Å². The summed E-state index contributed by atoms with van der Waals surface area (Å²) in [7, 11) is 3.77. The molecule has 2 aromatic carbocycles. The first-order chi connectivity index (χ1) is 12.2. The van der Waals surface area contributed by atoms with Gasteiger partial charge in [-0.3, -0.25) is 4.79 Å². The summed E-state index contributed by atoms with van der Waals surface area (Å²) in [6.45, 7) is 0. The van der Waals surface area contributed by atoms with Gasteiger partial charge in [-0.05, 0) is 35.7 Å². The second-order valence-corrected chi connectivity index (χ2v) is 7.26. The number of ether oxygens (including phenoxy) is 2. The van der Waals surface area contributed by atoms with Gasteiger partial charge in [-0.15, -0.1) is 0 Å². The topological polar surface area (TPSA) is 38.8 Å². The van der Waals surface area contributed by atoms with Gasteiger partial charge in [0.05, 0.1) is 13.2 Å². The maximum absolute atomic E-state index is 12.6. The molecule has 3 aliphatic heterocycles. The first-order valence-electron chi connectivity index (χ1n) is 8.82. The second-order valence-electron chi connectivity index (χ2n) is 7.26. The maximum Gasteiger partial charge on any atom is 0.163 e. The number of nitrogens with zero attached hydrogens (tertiary/aromatic N) is 1. The molecule has 0 amide bonds. The number of likely N-dealkylation sites (N-methyl/N-ethyl adjacent to an activating group) is 1. The number of carbonyl (C=O) groups is 1. The van der Waals surface area contributed by atoms with Crippen LogP contribution in [0, 0.1) is 0 Å². The van der Waals surface area contributed by atoms with Crippen molar-refractivity contribution in [1.29, 1.82) is 0 Å². The molecule has 0 aliphatic carbocycles. The lowest BCUT2D eigenvalue weighted by molar-refractivity contribution is -0.148. The van der Waals surface area contributed by atoms with E-state index < -0.39 is 5.60 Å². The van der Waals surface area contributed by atoms with Crippen LogP contribution in [0.1, 0.15) is 29.9 Å². The number of hydrogen-bond acceptors (Lipinski definition) is 4. The zero-order valence-electron chi connectivity index (χ0n) is 14.4. The third kappa shape index (κ3) is 1.83. The minimum atomic E-state index is -0.434. The van der Waals surface area contributed by atoms with E-state index in [9.17, 15) is 4.79 Å². The Kier molecular flexibility index (Phi) is 3.04. The van der Waals surface area contributed by atoms with Gasteiger partial charge in [-0.2, -0.15) is 0 Å². The molecular weight excluding hydrogens is 314 g/mol. The highest BCUT2D eigenvalue weighted by Gasteiger charge is 2.64. The molecule has 0 aromatic heterocycles. The Balaban J connectivity index is 1.74. The highest BCUT2D eigenvalue weighted by atomic mass is 16.5. The number of benzene rings is 2. The van der Waals surface area contributed by atoms with E-state index in [1.807, 2.05) is 12.1 Å². The zero-order chi connectivity index (χ0) is 17.2. The van der Waals surface area contributed by atoms with Gasteiger partial charge in [-0.25, -0.2) is 0 Å². The molecule has 2 bridgehead atoms. The number of hydrogen-bond donors (Lipinski definition) is 0. The van der Waals surface area contributed by atoms with Crippen LogP contribution >= 0.6 is 0 Å². The fraction of sp³-hybridized carbons (Fsp3) is 0.381. The van der Waals surface area contributed by atoms with Gasteiger partial charge in [0, 0.05) is 25.1 Å². The monoisotopic (exact) mass is 335 g/mol. The molecule has 4 heteroatoms. The standard InChI is InChI=1S/C21H21NO3/c1-22-16-9-8-14(24-2)12-15(16)18-19(22)20-17(23)10-11-21(18,25-20)13-6-4-3-5-7-13/h3-9,12,18-20H,10-11H2,1-2H3/t18-,19+,20-,21-/m0/s1. The van der Waals surface area contributed by atoms with E-state index in [4.69, 9.17) is 9.47 Å². The molecule has 4 nitrogen and oxygen atoms in total. The van der Waals surface area contributed by atoms with E-state index in [0.29, 0.717) is 6.42 Å². The summed E-state index contributed by atoms with van der Waals surface area (Å²) < 4.78 is 12.0. The van der Waals surface area contributed by atoms with Crippen molar-refractivity contribution in [1.82, 2.24) is 0 Å². The SMILES string of the molecule is COc1ccc2c(c1)[C@H]1[C@H]([C@H]3O[C@]1(c1ccccc1)CCC3=O)N2C. The Morgan fingerprint density at radius 3 is 2.76 bits per heavy atom. The zero-order valence-corrected chi connectivity index (χ0v) is 14.4. The molecule has 2 saturated heterocycles. The van der Waals surface area contributed by atoms with Gasteiger partial charge in [0.2, 0.25) is 0 Å². The van der Waals surface area contributed by atoms with Gasteiger partial charge in [0.1, 0.15) is 17.5 Å². The summed E-state index contributed by atoms with van der Waals surface area (Å²) in [5, 5.41) is 0. The molecule has 0 unspecified atom stereocenters. The molecule has 0 N–H and O–H groups in total. The second kappa shape index (κ2) is 5.09. The number of rotatable bonds is 2. The molecule has 128 valence electrons. The van der Waals surface area contributed by atoms with Crippen LogP contribution in [0.4, 0.5) is 5.69 Å². The summed E-state index contributed by atoms with van der Waals surface area (Å²) >= 11 is 0. The number of methoxy groups -OCH3 is 1. The van der Waals surface area contributed by atoms with E-state index in [1.165, 1.54) is 16.8 Å². The fourth-order valence-corrected chi connectivity index (χ4v) is 5.11. The van der Waals surface area contributed by atoms with Crippen molar-refractivity contribution in [3.63, 3.8) is 0 Å². The number of fused-ring (bicyclic) bond motifs is 7. The van der Waals surface area contributed by atoms with Crippen LogP contribution in [0.2, 0.25) is 0 Å². The van der Waals surface area contributed by atoms with Crippen LogP contribution in [0.3, 0.4) is 0 Å². The third-order valence-electron chi connectivity index (χ3n) is 6.21. The van der Waals surface area contributed by atoms with Crippen LogP contribution in [-0.2, 0) is 15.1 Å². The lowest BCUT2D eigenvalue weighted by Gasteiger charge is -2.37. The lowest BCUT2D eigenvalue weighted by atomic mass is 9.75. The van der Waals surface area contributed by atoms with Crippen molar-refractivity contribution in [2.24, 2.45) is 0 Å². The van der Waals surface area contributed by atoms with Gasteiger partial charge in [-0.1, -0.05) is 30.3 Å². The molecule has 3 heterocycles. The van der Waals surface area contributed by atoms with Crippen LogP contribution in [0.15, 0.2) is 48.5 Å². The minimum absolute atomic E-state index is 0.0531. The van der Waals surface area contributed by atoms with E-state index in [0.717, 1.165) is 12.2 Å². The Hall–Kier alpha value is -2.33. The Morgan fingerprint density at radius 1 is 1.20 bits per heavy atom. The van der Waals surface area contributed by atoms with Crippen LogP contribution in [0.25, 0.3) is 0 Å². The Labute approximate surface area is 147 Å². The molecule has 25 heavy (non-hydrogen) atoms. The maximum atomic E-state index is 12.6. The summed E-state index contributed by atoms with van der Waals surface area (Å²) in [5.74, 6) is 1.22. The van der Waals surface area contributed by atoms with Crippen molar-refractivity contribution in [3.05, 3.63) is 59.7 Å². The summed E-state index contributed by atoms with van der Waals surface area (Å²) in [5.41, 5.74) is 3.15. The van der Waals surface area contributed by atoms with E-state index in [-0.39, 0.29) is 23.8 Å². The molecule has 2 aromatic rings. The van der Waals surface area contributed by atoms with Crippen molar-refractivity contribution in [3.8, 4) is 5.75 Å². The van der Waals surface area contributed by atoms with E-state index >= 15 is 0 Å². The summed E-state index contributed by atoms with van der Waals surface area (Å²) in [4.78, 5) is 14.8. The molecule has 5 rings (SSSR count). The van der Waals surface area contributed by atoms with E-state index in [1.54, 1.807) is 7.11 Å². The van der Waals surface area contributed by atoms with E-state index in [2.05, 4.69) is 48.3 Å². The molecule has 0 spiro atoms. The number of Topliss-reactive ketones (excluding diaryl/α,β-unsaturated/α-hetero) is 1. The highest BCUT2D eigenvalue weighted by Crippen LogP contribution is 2.61. The third-order valence-corrected chi connectivity index (χ3v) is 6.21. The smallest absolute Gasteiger partial charge is 0.163 e. The normalized spacial score (nSPS) is 32.5. The van der Waals surface area contributed by atoms with Crippen LogP contribution < -0.4 is 9.64 Å². The summed E-state index contributed by atoms with van der Waals surface area (Å²) in [6.07, 6.45) is 0.958. The lowest BCUT2D eigenvalue weighted by Crippen LogP contribution is -2.42. The van der Waals surface area contributed by atoms with Crippen molar-refractivity contribution >= 4 is 11.5 Å². The summed E-state index contributed by atoms with van der Waals surface area (Å²) in [6, 6.07) is 16.7. The molecule has 0 radical (unpaired) electrons. The predicted octanol–water partition coefficient (Wildman–Crippen LogP) is 3.25. The number of anilines is 1. The first kappa shape index (κ1) is 15.0. The number of carbonyl (C=O) groups excluding carboxylic acids is 1. The quantitative estimate of drug-likeness (QED) is 0.844. The van der Waals surface area contributed by atoms with Crippen molar-refractivity contribution < 1.29 is 14.3 Å². The highest BCUT2D eigenvalue weighted by molar-refractivity contribution is 5.88. The fourth-order valence-electron chi connectivity index (χ4n) is 5.11. The average molecular weight is 335 g/mol. The molecule has 2 fully saturated rings. The van der Waals surface area contributed by atoms with Crippen molar-refractivity contribution in [2.75, 3.05) is 19.1 Å². The Bertz CT molecular complexity index is 849. The van der Waals surface area contributed by atoms with Crippen LogP contribution in [0.5, 0.6) is 5.75 Å². The average Bonchev–Trinajstić information content (AvgIpc) is 3.12. The molecular formula is C21H21NO3. The van der Waals surface area contributed by atoms with Crippen molar-refractivity contribution in [2.45, 2.75) is 36.5 Å². The molecule has 0 saturated carbocycles. The largest absolute Gasteiger partial charge is 0.497 e. The predicted molar refractivity (Wildman–Crippen MR) is 95.2 cm³/mol. The van der Waals surface area contributed by atoms with Gasteiger partial charge in [0.25, 0.3) is 0 Å².